The van der Waals surface area contributed by atoms with E-state index >= 15 is 0 Å². The van der Waals surface area contributed by atoms with E-state index in [2.05, 4.69) is 42.5 Å². The second-order valence-corrected chi connectivity index (χ2v) is 14.9. The Morgan fingerprint density at radius 3 is 1.25 bits per heavy atom. The maximum Gasteiger partial charge on any atom is 0.490 e. The number of carbonyl (C=O) groups is 1. The monoisotopic (exact) mass is 972 g/mol. The first-order chi connectivity index (χ1) is 32.4. The van der Waals surface area contributed by atoms with Crippen LogP contribution >= 0.6 is 11.6 Å². The molecule has 3 aromatic heterocycles. The van der Waals surface area contributed by atoms with Gasteiger partial charge in [0, 0.05) is 59.2 Å². The molecule has 6 aromatic rings. The summed E-state index contributed by atoms with van der Waals surface area (Å²) in [6.45, 7) is 6.12. The molecular weight excluding hydrogens is 899 g/mol. The third-order valence-electron chi connectivity index (χ3n) is 9.62. The van der Waals surface area contributed by atoms with Crippen LogP contribution in [0.1, 0.15) is 72.1 Å². The molecule has 0 atom stereocenters. The highest BCUT2D eigenvalue weighted by Crippen LogP contribution is 2.30. The van der Waals surface area contributed by atoms with Gasteiger partial charge in [-0.1, -0.05) is 74.7 Å². The molecule has 3 heterocycles. The maximum atomic E-state index is 11.2. The summed E-state index contributed by atoms with van der Waals surface area (Å²) in [5.74, 6) is 0.235. The normalized spacial score (nSPS) is 10.4. The Morgan fingerprint density at radius 1 is 0.559 bits per heavy atom. The number of esters is 1. The first kappa shape index (κ1) is 60.3. The minimum atomic E-state index is -4.85. The number of halogens is 4. The molecule has 10 N–H and O–H groups in total. The third-order valence-corrected chi connectivity index (χ3v) is 9.95. The minimum absolute atomic E-state index is 0. The Bertz CT molecular complexity index is 2190. The zero-order valence-electron chi connectivity index (χ0n) is 39.2. The Labute approximate surface area is 405 Å². The SMILES string of the molecule is C.CCOC(=O)C(F)(F)F.COc1cccc2c(Cl)ccnc12.COc1cccc2c(NCCCCCN)ccnc12.COc1cccc2c(NCCCCCN)ccnc12.NCCCCCN. The summed E-state index contributed by atoms with van der Waals surface area (Å²) in [5.41, 5.74) is 26.2. The first-order valence-corrected chi connectivity index (χ1v) is 22.8. The number of carbonyl (C=O) groups excluding carboxylic acids is 1. The van der Waals surface area contributed by atoms with Gasteiger partial charge in [0.2, 0.25) is 0 Å². The van der Waals surface area contributed by atoms with Crippen molar-refractivity contribution in [1.29, 1.82) is 0 Å². The molecule has 3 aromatic carbocycles. The summed E-state index contributed by atoms with van der Waals surface area (Å²) in [6, 6.07) is 23.4. The maximum absolute atomic E-state index is 11.2. The van der Waals surface area contributed by atoms with E-state index in [1.807, 2.05) is 67.0 Å². The van der Waals surface area contributed by atoms with Crippen LogP contribution in [0.2, 0.25) is 5.02 Å². The standard InChI is InChI=1S/2C15H21N3O.C10H8ClNO.C5H14N2.C4H5F3O2.CH4/c2*1-19-14-7-5-6-12-13(8-11-18-15(12)14)17-10-4-2-3-9-16;1-13-9-4-2-3-7-8(11)5-6-12-10(7)9;6-4-2-1-3-5-7;1-2-9-3(8)4(5,6)7;/h2*5-8,11H,2-4,9-10,16H2,1H3,(H,17,18);2-6H,1H3;1-7H2;2H2,1H3;1H4. The van der Waals surface area contributed by atoms with Crippen LogP contribution in [0.4, 0.5) is 24.5 Å². The molecule has 0 aliphatic heterocycles. The van der Waals surface area contributed by atoms with Crippen molar-refractivity contribution < 1.29 is 36.9 Å². The quantitative estimate of drug-likeness (QED) is 0.0310. The highest BCUT2D eigenvalue weighted by atomic mass is 35.5. The molecule has 0 fully saturated rings. The summed E-state index contributed by atoms with van der Waals surface area (Å²) in [6.07, 6.45) is 10.6. The van der Waals surface area contributed by atoms with Crippen molar-refractivity contribution in [3.05, 3.63) is 96.4 Å². The zero-order chi connectivity index (χ0) is 49.3. The Morgan fingerprint density at radius 2 is 0.912 bits per heavy atom. The molecule has 376 valence electrons. The number of pyridine rings is 3. The number of para-hydroxylation sites is 3. The van der Waals surface area contributed by atoms with Crippen LogP contribution in [0.3, 0.4) is 0 Å². The van der Waals surface area contributed by atoms with Crippen LogP contribution in [0.25, 0.3) is 32.7 Å². The van der Waals surface area contributed by atoms with Crippen molar-refractivity contribution in [1.82, 2.24) is 15.0 Å². The van der Waals surface area contributed by atoms with Gasteiger partial charge < -0.3 is 52.5 Å². The fraction of sp³-hybridized carbons (Fsp3) is 0.440. The van der Waals surface area contributed by atoms with Gasteiger partial charge >= 0.3 is 12.1 Å². The fourth-order valence-corrected chi connectivity index (χ4v) is 6.44. The van der Waals surface area contributed by atoms with Gasteiger partial charge in [0.25, 0.3) is 0 Å². The van der Waals surface area contributed by atoms with Gasteiger partial charge in [-0.2, -0.15) is 13.2 Å². The lowest BCUT2D eigenvalue weighted by atomic mass is 10.1. The molecule has 18 heteroatoms. The van der Waals surface area contributed by atoms with Crippen molar-refractivity contribution in [2.75, 3.05) is 77.8 Å². The second-order valence-electron chi connectivity index (χ2n) is 14.5. The number of hydrogen-bond donors (Lipinski definition) is 6. The predicted molar refractivity (Wildman–Crippen MR) is 274 cm³/mol. The molecule has 0 saturated heterocycles. The fourth-order valence-electron chi connectivity index (χ4n) is 6.23. The average Bonchev–Trinajstić information content (AvgIpc) is 3.34. The molecule has 6 rings (SSSR count). The number of rotatable bonds is 20. The molecule has 0 spiro atoms. The van der Waals surface area contributed by atoms with E-state index in [-0.39, 0.29) is 14.0 Å². The largest absolute Gasteiger partial charge is 0.494 e. The van der Waals surface area contributed by atoms with Gasteiger partial charge in [-0.15, -0.1) is 0 Å². The van der Waals surface area contributed by atoms with Crippen molar-refractivity contribution in [2.24, 2.45) is 22.9 Å². The average molecular weight is 973 g/mol. The van der Waals surface area contributed by atoms with Crippen molar-refractivity contribution in [3.8, 4) is 17.2 Å². The van der Waals surface area contributed by atoms with E-state index in [0.717, 1.165) is 152 Å². The van der Waals surface area contributed by atoms with E-state index < -0.39 is 12.1 Å². The first-order valence-electron chi connectivity index (χ1n) is 22.4. The van der Waals surface area contributed by atoms with Gasteiger partial charge in [-0.3, -0.25) is 15.0 Å². The number of methoxy groups -OCH3 is 3. The number of ether oxygens (including phenoxy) is 4. The number of alkyl halides is 3. The number of unbranched alkanes of at least 4 members (excludes halogenated alkanes) is 6. The molecule has 0 aliphatic carbocycles. The Hall–Kier alpha value is -5.72. The van der Waals surface area contributed by atoms with Crippen LogP contribution in [-0.4, -0.2) is 94.3 Å². The molecule has 0 bridgehead atoms. The summed E-state index contributed by atoms with van der Waals surface area (Å²) in [5, 5.41) is 10.7. The number of nitrogens with zero attached hydrogens (tertiary/aromatic N) is 3. The Kier molecular flexibility index (Phi) is 31.4. The molecular formula is C50H73ClF3N9O5. The number of hydrogen-bond acceptors (Lipinski definition) is 14. The number of nitrogens with one attached hydrogen (secondary N) is 2. The number of nitrogens with two attached hydrogens (primary N) is 4. The lowest BCUT2D eigenvalue weighted by Gasteiger charge is -2.11. The van der Waals surface area contributed by atoms with Gasteiger partial charge in [0.1, 0.15) is 33.8 Å². The predicted octanol–water partition coefficient (Wildman–Crippen LogP) is 10.3. The van der Waals surface area contributed by atoms with Gasteiger partial charge in [0.05, 0.1) is 33.0 Å². The summed E-state index contributed by atoms with van der Waals surface area (Å²) in [4.78, 5) is 22.7. The zero-order valence-corrected chi connectivity index (χ0v) is 39.9. The lowest BCUT2D eigenvalue weighted by Crippen LogP contribution is -2.25. The number of fused-ring (bicyclic) bond motifs is 3. The van der Waals surface area contributed by atoms with E-state index in [9.17, 15) is 18.0 Å². The van der Waals surface area contributed by atoms with Crippen LogP contribution in [0, 0.1) is 0 Å². The molecule has 0 aliphatic rings. The van der Waals surface area contributed by atoms with Crippen LogP contribution in [-0.2, 0) is 9.53 Å². The van der Waals surface area contributed by atoms with Gasteiger partial charge in [-0.25, -0.2) is 4.79 Å². The van der Waals surface area contributed by atoms with E-state index in [1.54, 1.807) is 33.6 Å². The number of aromatic nitrogens is 3. The van der Waals surface area contributed by atoms with Crippen LogP contribution in [0.15, 0.2) is 91.4 Å². The number of benzene rings is 3. The molecule has 0 saturated carbocycles. The summed E-state index contributed by atoms with van der Waals surface area (Å²) in [7, 11) is 4.96. The van der Waals surface area contributed by atoms with E-state index in [1.165, 1.54) is 13.3 Å². The third kappa shape index (κ3) is 21.5. The van der Waals surface area contributed by atoms with Crippen LogP contribution < -0.4 is 47.8 Å². The topological polar surface area (TPSA) is 221 Å². The Balaban J connectivity index is 0.000000444. The molecule has 0 unspecified atom stereocenters. The van der Waals surface area contributed by atoms with Crippen molar-refractivity contribution >= 4 is 61.7 Å². The van der Waals surface area contributed by atoms with E-state index in [4.69, 9.17) is 48.7 Å². The van der Waals surface area contributed by atoms with Gasteiger partial charge in [-0.05, 0) is 108 Å². The number of anilines is 2. The van der Waals surface area contributed by atoms with Crippen molar-refractivity contribution in [2.45, 2.75) is 78.3 Å². The molecule has 0 radical (unpaired) electrons. The van der Waals surface area contributed by atoms with E-state index in [0.29, 0.717) is 5.02 Å². The highest BCUT2D eigenvalue weighted by Gasteiger charge is 2.40. The smallest absolute Gasteiger partial charge is 0.490 e. The van der Waals surface area contributed by atoms with Gasteiger partial charge in [0.15, 0.2) is 0 Å². The molecule has 14 nitrogen and oxygen atoms in total. The molecule has 0 amide bonds. The highest BCUT2D eigenvalue weighted by molar-refractivity contribution is 6.35. The summed E-state index contributed by atoms with van der Waals surface area (Å²) >= 11 is 5.99. The summed E-state index contributed by atoms with van der Waals surface area (Å²) < 4.78 is 53.0. The molecule has 68 heavy (non-hydrogen) atoms. The minimum Gasteiger partial charge on any atom is -0.494 e. The van der Waals surface area contributed by atoms with Crippen molar-refractivity contribution in [3.63, 3.8) is 0 Å². The van der Waals surface area contributed by atoms with Crippen LogP contribution in [0.5, 0.6) is 17.2 Å². The lowest BCUT2D eigenvalue weighted by molar-refractivity contribution is -0.199. The second kappa shape index (κ2) is 35.4.